The third kappa shape index (κ3) is 3.40. The Kier molecular flexibility index (Phi) is 4.46. The van der Waals surface area contributed by atoms with Crippen LogP contribution in [0.4, 0.5) is 13.2 Å². The first-order chi connectivity index (χ1) is 13.6. The SMILES string of the molecule is Cc1cc(C)c2nc(-c3cc(C(F)(F)F)nn3-c3ccccc3Cl)oc(=O)c2c1. The summed E-state index contributed by atoms with van der Waals surface area (Å²) in [6.07, 6.45) is -4.70. The Morgan fingerprint density at radius 3 is 2.52 bits per heavy atom. The molecule has 29 heavy (non-hydrogen) atoms. The smallest absolute Gasteiger partial charge is 0.401 e. The van der Waals surface area contributed by atoms with Gasteiger partial charge in [0, 0.05) is 6.07 Å². The molecule has 2 heterocycles. The van der Waals surface area contributed by atoms with Crippen LogP contribution in [0.25, 0.3) is 28.2 Å². The van der Waals surface area contributed by atoms with Crippen molar-refractivity contribution < 1.29 is 17.6 Å². The van der Waals surface area contributed by atoms with Crippen LogP contribution in [0.5, 0.6) is 0 Å². The summed E-state index contributed by atoms with van der Waals surface area (Å²) >= 11 is 6.16. The molecule has 0 amide bonds. The minimum absolute atomic E-state index is 0.135. The molecule has 5 nitrogen and oxygen atoms in total. The highest BCUT2D eigenvalue weighted by atomic mass is 35.5. The Balaban J connectivity index is 2.04. The first-order valence-corrected chi connectivity index (χ1v) is 8.87. The van der Waals surface area contributed by atoms with E-state index in [0.717, 1.165) is 16.3 Å². The average molecular weight is 420 g/mol. The molecular weight excluding hydrogens is 407 g/mol. The van der Waals surface area contributed by atoms with Gasteiger partial charge in [-0.2, -0.15) is 18.3 Å². The van der Waals surface area contributed by atoms with Gasteiger partial charge in [-0.15, -0.1) is 0 Å². The number of aromatic nitrogens is 3. The molecule has 0 saturated carbocycles. The standard InChI is InChI=1S/C20H13ClF3N3O2/c1-10-7-11(2)17-12(8-10)19(28)29-18(25-17)15-9-16(20(22,23)24)26-27(15)14-6-4-3-5-13(14)21/h3-9H,1-2H3. The quantitative estimate of drug-likeness (QED) is 0.440. The summed E-state index contributed by atoms with van der Waals surface area (Å²) in [4.78, 5) is 16.8. The van der Waals surface area contributed by atoms with Crippen LogP contribution < -0.4 is 5.63 Å². The molecule has 0 aliphatic carbocycles. The van der Waals surface area contributed by atoms with E-state index in [1.807, 2.05) is 13.0 Å². The van der Waals surface area contributed by atoms with Gasteiger partial charge in [0.15, 0.2) is 5.69 Å². The molecule has 148 valence electrons. The summed E-state index contributed by atoms with van der Waals surface area (Å²) in [5.41, 5.74) is 0.109. The molecule has 0 radical (unpaired) electrons. The van der Waals surface area contributed by atoms with Gasteiger partial charge in [0.1, 0.15) is 5.69 Å². The number of fused-ring (bicyclic) bond motifs is 1. The van der Waals surface area contributed by atoms with E-state index in [2.05, 4.69) is 10.1 Å². The average Bonchev–Trinajstić information content (AvgIpc) is 3.08. The van der Waals surface area contributed by atoms with Gasteiger partial charge in [-0.25, -0.2) is 14.5 Å². The van der Waals surface area contributed by atoms with E-state index in [4.69, 9.17) is 16.0 Å². The maximum absolute atomic E-state index is 13.3. The van der Waals surface area contributed by atoms with Crippen molar-refractivity contribution in [2.45, 2.75) is 20.0 Å². The van der Waals surface area contributed by atoms with E-state index >= 15 is 0 Å². The molecule has 0 unspecified atom stereocenters. The Bertz CT molecular complexity index is 1310. The molecule has 0 bridgehead atoms. The van der Waals surface area contributed by atoms with Crippen LogP contribution in [-0.2, 0) is 6.18 Å². The highest BCUT2D eigenvalue weighted by molar-refractivity contribution is 6.32. The van der Waals surface area contributed by atoms with Crippen molar-refractivity contribution in [2.24, 2.45) is 0 Å². The third-order valence-corrected chi connectivity index (χ3v) is 4.69. The maximum Gasteiger partial charge on any atom is 0.435 e. The van der Waals surface area contributed by atoms with Crippen LogP contribution in [0, 0.1) is 13.8 Å². The van der Waals surface area contributed by atoms with E-state index in [-0.39, 0.29) is 27.7 Å². The number of rotatable bonds is 2. The number of nitrogens with zero attached hydrogens (tertiary/aromatic N) is 3. The molecule has 0 saturated heterocycles. The number of para-hydroxylation sites is 1. The Labute approximate surface area is 167 Å². The predicted octanol–water partition coefficient (Wildman–Crippen LogP) is 5.33. The van der Waals surface area contributed by atoms with Crippen LogP contribution in [0.1, 0.15) is 16.8 Å². The van der Waals surface area contributed by atoms with E-state index in [1.54, 1.807) is 25.1 Å². The molecule has 0 fully saturated rings. The van der Waals surface area contributed by atoms with Crippen molar-refractivity contribution in [3.8, 4) is 17.3 Å². The monoisotopic (exact) mass is 419 g/mol. The summed E-state index contributed by atoms with van der Waals surface area (Å²) in [6, 6.07) is 10.5. The van der Waals surface area contributed by atoms with Gasteiger partial charge >= 0.3 is 11.8 Å². The van der Waals surface area contributed by atoms with Crippen molar-refractivity contribution in [3.63, 3.8) is 0 Å². The third-order valence-electron chi connectivity index (χ3n) is 4.37. The summed E-state index contributed by atoms with van der Waals surface area (Å²) < 4.78 is 46.3. The lowest BCUT2D eigenvalue weighted by atomic mass is 10.1. The molecule has 0 N–H and O–H groups in total. The van der Waals surface area contributed by atoms with Gasteiger partial charge in [0.2, 0.25) is 5.89 Å². The van der Waals surface area contributed by atoms with Crippen molar-refractivity contribution in [1.29, 1.82) is 0 Å². The molecule has 0 aliphatic heterocycles. The van der Waals surface area contributed by atoms with Crippen LogP contribution in [0.2, 0.25) is 5.02 Å². The Morgan fingerprint density at radius 2 is 1.83 bits per heavy atom. The fourth-order valence-electron chi connectivity index (χ4n) is 3.12. The summed E-state index contributed by atoms with van der Waals surface area (Å²) in [5.74, 6) is -0.280. The normalized spacial score (nSPS) is 11.9. The minimum Gasteiger partial charge on any atom is -0.401 e. The van der Waals surface area contributed by atoms with Crippen molar-refractivity contribution in [3.05, 3.63) is 74.7 Å². The molecule has 2 aromatic heterocycles. The first kappa shape index (κ1) is 19.2. The second-order valence-electron chi connectivity index (χ2n) is 6.56. The second kappa shape index (κ2) is 6.73. The number of alkyl halides is 3. The highest BCUT2D eigenvalue weighted by Gasteiger charge is 2.36. The zero-order chi connectivity index (χ0) is 20.9. The van der Waals surface area contributed by atoms with Gasteiger partial charge in [-0.1, -0.05) is 29.8 Å². The molecule has 0 atom stereocenters. The summed E-state index contributed by atoms with van der Waals surface area (Å²) in [5, 5.41) is 4.08. The molecule has 4 rings (SSSR count). The van der Waals surface area contributed by atoms with E-state index < -0.39 is 17.5 Å². The van der Waals surface area contributed by atoms with Crippen LogP contribution in [0.15, 0.2) is 51.7 Å². The first-order valence-electron chi connectivity index (χ1n) is 8.50. The Morgan fingerprint density at radius 1 is 1.10 bits per heavy atom. The van der Waals surface area contributed by atoms with Crippen molar-refractivity contribution in [2.75, 3.05) is 0 Å². The lowest BCUT2D eigenvalue weighted by molar-refractivity contribution is -0.141. The lowest BCUT2D eigenvalue weighted by Gasteiger charge is -2.09. The second-order valence-corrected chi connectivity index (χ2v) is 6.97. The van der Waals surface area contributed by atoms with Crippen LogP contribution >= 0.6 is 11.6 Å². The predicted molar refractivity (Wildman–Crippen MR) is 102 cm³/mol. The lowest BCUT2D eigenvalue weighted by Crippen LogP contribution is -2.08. The largest absolute Gasteiger partial charge is 0.435 e. The van der Waals surface area contributed by atoms with E-state index in [0.29, 0.717) is 11.1 Å². The molecule has 4 aromatic rings. The van der Waals surface area contributed by atoms with Crippen LogP contribution in [-0.4, -0.2) is 14.8 Å². The van der Waals surface area contributed by atoms with Gasteiger partial charge in [0.05, 0.1) is 21.6 Å². The molecule has 0 spiro atoms. The zero-order valence-electron chi connectivity index (χ0n) is 15.2. The van der Waals surface area contributed by atoms with Gasteiger partial charge < -0.3 is 4.42 Å². The minimum atomic E-state index is -4.70. The number of hydrogen-bond acceptors (Lipinski definition) is 4. The van der Waals surface area contributed by atoms with Crippen LogP contribution in [0.3, 0.4) is 0 Å². The number of aryl methyl sites for hydroxylation is 2. The zero-order valence-corrected chi connectivity index (χ0v) is 16.0. The fraction of sp³-hybridized carbons (Fsp3) is 0.150. The summed E-state index contributed by atoms with van der Waals surface area (Å²) in [7, 11) is 0. The molecule has 0 aliphatic rings. The van der Waals surface area contributed by atoms with Gasteiger partial charge in [-0.3, -0.25) is 0 Å². The van der Waals surface area contributed by atoms with E-state index in [9.17, 15) is 18.0 Å². The number of halogens is 4. The fourth-order valence-corrected chi connectivity index (χ4v) is 3.34. The molecule has 2 aromatic carbocycles. The van der Waals surface area contributed by atoms with Gasteiger partial charge in [-0.05, 0) is 43.2 Å². The number of benzene rings is 2. The van der Waals surface area contributed by atoms with Gasteiger partial charge in [0.25, 0.3) is 0 Å². The van der Waals surface area contributed by atoms with Crippen molar-refractivity contribution in [1.82, 2.24) is 14.8 Å². The maximum atomic E-state index is 13.3. The Hall–Kier alpha value is -3.13. The van der Waals surface area contributed by atoms with Crippen molar-refractivity contribution >= 4 is 22.5 Å². The molecule has 9 heteroatoms. The summed E-state index contributed by atoms with van der Waals surface area (Å²) in [6.45, 7) is 3.58. The highest BCUT2D eigenvalue weighted by Crippen LogP contribution is 2.34. The molecular formula is C20H13ClF3N3O2. The van der Waals surface area contributed by atoms with E-state index in [1.165, 1.54) is 12.1 Å². The number of hydrogen-bond donors (Lipinski definition) is 0. The topological polar surface area (TPSA) is 60.9 Å².